The van der Waals surface area contributed by atoms with E-state index < -0.39 is 0 Å². The van der Waals surface area contributed by atoms with Gasteiger partial charge in [-0.15, -0.1) is 0 Å². The molecule has 0 aromatic carbocycles. The van der Waals surface area contributed by atoms with Gasteiger partial charge in [-0.3, -0.25) is 4.90 Å². The van der Waals surface area contributed by atoms with Crippen LogP contribution < -0.4 is 5.32 Å². The standard InChI is InChI=1S/C14H30N2O/c1-12(2)10-13(3)16(8-9-17-4)11-14-6-5-7-15-14/h12-15H,5-11H2,1-4H3. The van der Waals surface area contributed by atoms with E-state index in [0.29, 0.717) is 12.1 Å². The van der Waals surface area contributed by atoms with Crippen LogP contribution in [0, 0.1) is 5.92 Å². The fourth-order valence-electron chi connectivity index (χ4n) is 2.73. The van der Waals surface area contributed by atoms with Crippen LogP contribution in [-0.4, -0.2) is 50.3 Å². The number of nitrogens with one attached hydrogen (secondary N) is 1. The molecule has 0 saturated carbocycles. The second-order valence-electron chi connectivity index (χ2n) is 5.76. The van der Waals surface area contributed by atoms with Gasteiger partial charge < -0.3 is 10.1 Å². The molecule has 1 heterocycles. The van der Waals surface area contributed by atoms with Crippen molar-refractivity contribution in [1.82, 2.24) is 10.2 Å². The van der Waals surface area contributed by atoms with E-state index in [9.17, 15) is 0 Å². The molecule has 0 bridgehead atoms. The van der Waals surface area contributed by atoms with Crippen LogP contribution in [0.5, 0.6) is 0 Å². The van der Waals surface area contributed by atoms with Gasteiger partial charge >= 0.3 is 0 Å². The van der Waals surface area contributed by atoms with Gasteiger partial charge in [-0.2, -0.15) is 0 Å². The SMILES string of the molecule is COCCN(CC1CCCN1)C(C)CC(C)C. The van der Waals surface area contributed by atoms with Gasteiger partial charge in [-0.1, -0.05) is 13.8 Å². The molecule has 0 spiro atoms. The van der Waals surface area contributed by atoms with E-state index >= 15 is 0 Å². The highest BCUT2D eigenvalue weighted by atomic mass is 16.5. The van der Waals surface area contributed by atoms with E-state index in [-0.39, 0.29) is 0 Å². The summed E-state index contributed by atoms with van der Waals surface area (Å²) >= 11 is 0. The number of hydrogen-bond donors (Lipinski definition) is 1. The maximum absolute atomic E-state index is 5.23. The quantitative estimate of drug-likeness (QED) is 0.705. The minimum atomic E-state index is 0.660. The summed E-state index contributed by atoms with van der Waals surface area (Å²) in [5, 5.41) is 3.59. The highest BCUT2D eigenvalue weighted by Crippen LogP contribution is 2.14. The van der Waals surface area contributed by atoms with Gasteiger partial charge in [-0.25, -0.2) is 0 Å². The molecular formula is C14H30N2O. The molecule has 3 heteroatoms. The Morgan fingerprint density at radius 2 is 2.12 bits per heavy atom. The first-order valence-corrected chi connectivity index (χ1v) is 7.09. The number of rotatable bonds is 8. The first-order valence-electron chi connectivity index (χ1n) is 7.09. The highest BCUT2D eigenvalue weighted by Gasteiger charge is 2.21. The predicted molar refractivity (Wildman–Crippen MR) is 73.4 cm³/mol. The average Bonchev–Trinajstić information content (AvgIpc) is 2.75. The molecule has 1 fully saturated rings. The summed E-state index contributed by atoms with van der Waals surface area (Å²) in [4.78, 5) is 2.59. The Hall–Kier alpha value is -0.120. The monoisotopic (exact) mass is 242 g/mol. The third-order valence-electron chi connectivity index (χ3n) is 3.64. The number of nitrogens with zero attached hydrogens (tertiary/aromatic N) is 1. The lowest BCUT2D eigenvalue weighted by atomic mass is 10.0. The first kappa shape index (κ1) is 14.9. The molecule has 0 aromatic heterocycles. The van der Waals surface area contributed by atoms with Crippen molar-refractivity contribution in [1.29, 1.82) is 0 Å². The van der Waals surface area contributed by atoms with Crippen molar-refractivity contribution in [3.8, 4) is 0 Å². The second kappa shape index (κ2) is 8.06. The number of ether oxygens (including phenoxy) is 1. The zero-order valence-corrected chi connectivity index (χ0v) is 12.0. The van der Waals surface area contributed by atoms with Crippen LogP contribution in [-0.2, 0) is 4.74 Å². The van der Waals surface area contributed by atoms with Crippen molar-refractivity contribution in [2.45, 2.75) is 52.1 Å². The third kappa shape index (κ3) is 5.84. The predicted octanol–water partition coefficient (Wildman–Crippen LogP) is 2.12. The fraction of sp³-hybridized carbons (Fsp3) is 1.00. The molecule has 17 heavy (non-hydrogen) atoms. The lowest BCUT2D eigenvalue weighted by Gasteiger charge is -2.32. The molecule has 0 aromatic rings. The van der Waals surface area contributed by atoms with Crippen molar-refractivity contribution < 1.29 is 4.74 Å². The third-order valence-corrected chi connectivity index (χ3v) is 3.64. The van der Waals surface area contributed by atoms with Gasteiger partial charge in [-0.05, 0) is 38.6 Å². The second-order valence-corrected chi connectivity index (χ2v) is 5.76. The van der Waals surface area contributed by atoms with Crippen molar-refractivity contribution in [2.24, 2.45) is 5.92 Å². The van der Waals surface area contributed by atoms with E-state index in [1.807, 2.05) is 0 Å². The highest BCUT2D eigenvalue weighted by molar-refractivity contribution is 4.80. The molecule has 1 N–H and O–H groups in total. The molecule has 1 rings (SSSR count). The Kier molecular flexibility index (Phi) is 7.09. The largest absolute Gasteiger partial charge is 0.383 e. The van der Waals surface area contributed by atoms with E-state index in [4.69, 9.17) is 4.74 Å². The summed E-state index contributed by atoms with van der Waals surface area (Å²) < 4.78 is 5.23. The Morgan fingerprint density at radius 1 is 1.35 bits per heavy atom. The Balaban J connectivity index is 2.39. The Labute approximate surface area is 107 Å². The first-order chi connectivity index (χ1) is 8.13. The van der Waals surface area contributed by atoms with E-state index in [2.05, 4.69) is 31.0 Å². The van der Waals surface area contributed by atoms with E-state index in [1.54, 1.807) is 7.11 Å². The van der Waals surface area contributed by atoms with Gasteiger partial charge in [0.1, 0.15) is 0 Å². The van der Waals surface area contributed by atoms with Gasteiger partial charge in [0, 0.05) is 32.3 Å². The van der Waals surface area contributed by atoms with E-state index in [0.717, 1.165) is 19.1 Å². The zero-order chi connectivity index (χ0) is 12.7. The van der Waals surface area contributed by atoms with Crippen LogP contribution in [0.3, 0.4) is 0 Å². The van der Waals surface area contributed by atoms with Crippen LogP contribution in [0.4, 0.5) is 0 Å². The maximum atomic E-state index is 5.23. The molecular weight excluding hydrogens is 212 g/mol. The van der Waals surface area contributed by atoms with E-state index in [1.165, 1.54) is 32.4 Å². The Morgan fingerprint density at radius 3 is 2.65 bits per heavy atom. The maximum Gasteiger partial charge on any atom is 0.0589 e. The van der Waals surface area contributed by atoms with Crippen molar-refractivity contribution in [3.63, 3.8) is 0 Å². The minimum absolute atomic E-state index is 0.660. The van der Waals surface area contributed by atoms with Gasteiger partial charge in [0.15, 0.2) is 0 Å². The van der Waals surface area contributed by atoms with Gasteiger partial charge in [0.2, 0.25) is 0 Å². The summed E-state index contributed by atoms with van der Waals surface area (Å²) in [6.07, 6.45) is 3.94. The summed E-state index contributed by atoms with van der Waals surface area (Å²) in [5.74, 6) is 0.770. The lowest BCUT2D eigenvalue weighted by molar-refractivity contribution is 0.109. The molecule has 3 nitrogen and oxygen atoms in total. The van der Waals surface area contributed by atoms with Crippen LogP contribution in [0.25, 0.3) is 0 Å². The number of hydrogen-bond acceptors (Lipinski definition) is 3. The normalized spacial score (nSPS) is 22.6. The van der Waals surface area contributed by atoms with Crippen molar-refractivity contribution in [2.75, 3.05) is 33.4 Å². The molecule has 0 radical (unpaired) electrons. The topological polar surface area (TPSA) is 24.5 Å². The van der Waals surface area contributed by atoms with Gasteiger partial charge in [0.25, 0.3) is 0 Å². The number of methoxy groups -OCH3 is 1. The van der Waals surface area contributed by atoms with Crippen LogP contribution >= 0.6 is 0 Å². The molecule has 102 valence electrons. The van der Waals surface area contributed by atoms with Crippen LogP contribution in [0.2, 0.25) is 0 Å². The minimum Gasteiger partial charge on any atom is -0.383 e. The average molecular weight is 242 g/mol. The molecule has 0 aliphatic carbocycles. The van der Waals surface area contributed by atoms with Gasteiger partial charge in [0.05, 0.1) is 6.61 Å². The summed E-state index contributed by atoms with van der Waals surface area (Å²) in [6, 6.07) is 1.36. The fourth-order valence-corrected chi connectivity index (χ4v) is 2.73. The lowest BCUT2D eigenvalue weighted by Crippen LogP contribution is -2.44. The van der Waals surface area contributed by atoms with Crippen LogP contribution in [0.15, 0.2) is 0 Å². The molecule has 1 aliphatic heterocycles. The van der Waals surface area contributed by atoms with Crippen LogP contribution in [0.1, 0.15) is 40.0 Å². The molecule has 2 atom stereocenters. The summed E-state index contributed by atoms with van der Waals surface area (Å²) in [5.41, 5.74) is 0. The Bertz CT molecular complexity index is 191. The smallest absolute Gasteiger partial charge is 0.0589 e. The van der Waals surface area contributed by atoms with Crippen molar-refractivity contribution in [3.05, 3.63) is 0 Å². The molecule has 2 unspecified atom stereocenters. The zero-order valence-electron chi connectivity index (χ0n) is 12.0. The molecule has 1 aliphatic rings. The summed E-state index contributed by atoms with van der Waals surface area (Å²) in [7, 11) is 1.79. The summed E-state index contributed by atoms with van der Waals surface area (Å²) in [6.45, 7) is 11.2. The molecule has 0 amide bonds. The molecule has 1 saturated heterocycles. The van der Waals surface area contributed by atoms with Crippen molar-refractivity contribution >= 4 is 0 Å².